The topological polar surface area (TPSA) is 52.1 Å². The number of nitriles is 1. The van der Waals surface area contributed by atoms with Crippen molar-refractivity contribution in [2.75, 3.05) is 20.2 Å². The lowest BCUT2D eigenvalue weighted by molar-refractivity contribution is 0.250. The van der Waals surface area contributed by atoms with E-state index >= 15 is 0 Å². The van der Waals surface area contributed by atoms with Gasteiger partial charge in [-0.05, 0) is 50.6 Å². The SMILES string of the molecule is CCCCN1CCCC1c1ccc(-c2cc(C#N)c3ccccc3c2OC)[nH]1. The highest BCUT2D eigenvalue weighted by Crippen LogP contribution is 2.40. The van der Waals surface area contributed by atoms with Crippen LogP contribution < -0.4 is 4.74 Å². The first-order valence-corrected chi connectivity index (χ1v) is 10.2. The molecule has 0 spiro atoms. The normalized spacial score (nSPS) is 17.1. The number of nitrogens with zero attached hydrogens (tertiary/aromatic N) is 2. The molecule has 1 aliphatic rings. The second kappa shape index (κ2) is 8.08. The summed E-state index contributed by atoms with van der Waals surface area (Å²) in [7, 11) is 1.70. The lowest BCUT2D eigenvalue weighted by Gasteiger charge is -2.23. The number of hydrogen-bond acceptors (Lipinski definition) is 3. The molecule has 144 valence electrons. The van der Waals surface area contributed by atoms with Gasteiger partial charge in [0.2, 0.25) is 0 Å². The zero-order valence-electron chi connectivity index (χ0n) is 16.7. The van der Waals surface area contributed by atoms with Crippen molar-refractivity contribution >= 4 is 10.8 Å². The minimum Gasteiger partial charge on any atom is -0.495 e. The summed E-state index contributed by atoms with van der Waals surface area (Å²) in [4.78, 5) is 6.23. The molecule has 2 heterocycles. The number of unbranched alkanes of at least 4 members (excludes halogenated alkanes) is 1. The molecule has 4 rings (SSSR count). The summed E-state index contributed by atoms with van der Waals surface area (Å²) < 4.78 is 5.78. The van der Waals surface area contributed by atoms with E-state index < -0.39 is 0 Å². The maximum absolute atomic E-state index is 9.66. The van der Waals surface area contributed by atoms with E-state index in [0.717, 1.165) is 34.3 Å². The molecule has 1 atom stereocenters. The van der Waals surface area contributed by atoms with Crippen LogP contribution in [0.2, 0.25) is 0 Å². The Hall–Kier alpha value is -2.77. The van der Waals surface area contributed by atoms with E-state index in [1.165, 1.54) is 37.9 Å². The Bertz CT molecular complexity index is 1010. The van der Waals surface area contributed by atoms with Crippen molar-refractivity contribution in [3.63, 3.8) is 0 Å². The van der Waals surface area contributed by atoms with Gasteiger partial charge in [-0.3, -0.25) is 4.90 Å². The fraction of sp³-hybridized carbons (Fsp3) is 0.375. The second-order valence-corrected chi connectivity index (χ2v) is 7.54. The molecule has 1 N–H and O–H groups in total. The largest absolute Gasteiger partial charge is 0.495 e. The highest BCUT2D eigenvalue weighted by atomic mass is 16.5. The minimum absolute atomic E-state index is 0.460. The minimum atomic E-state index is 0.460. The van der Waals surface area contributed by atoms with Crippen LogP contribution in [-0.4, -0.2) is 30.1 Å². The second-order valence-electron chi connectivity index (χ2n) is 7.54. The molecule has 0 radical (unpaired) electrons. The van der Waals surface area contributed by atoms with Gasteiger partial charge in [0.15, 0.2) is 0 Å². The van der Waals surface area contributed by atoms with Crippen LogP contribution in [0.5, 0.6) is 5.75 Å². The maximum Gasteiger partial charge on any atom is 0.136 e. The van der Waals surface area contributed by atoms with Crippen molar-refractivity contribution in [3.05, 3.63) is 53.7 Å². The van der Waals surface area contributed by atoms with Gasteiger partial charge in [-0.25, -0.2) is 0 Å². The molecule has 0 aliphatic carbocycles. The quantitative estimate of drug-likeness (QED) is 0.607. The van der Waals surface area contributed by atoms with Crippen molar-refractivity contribution in [1.82, 2.24) is 9.88 Å². The van der Waals surface area contributed by atoms with Crippen molar-refractivity contribution in [2.24, 2.45) is 0 Å². The number of fused-ring (bicyclic) bond motifs is 1. The Morgan fingerprint density at radius 2 is 2.04 bits per heavy atom. The van der Waals surface area contributed by atoms with Crippen molar-refractivity contribution < 1.29 is 4.74 Å². The fourth-order valence-electron chi connectivity index (χ4n) is 4.43. The van der Waals surface area contributed by atoms with E-state index in [-0.39, 0.29) is 0 Å². The molecule has 4 heteroatoms. The molecule has 0 amide bonds. The lowest BCUT2D eigenvalue weighted by atomic mass is 9.98. The molecule has 1 unspecified atom stereocenters. The lowest BCUT2D eigenvalue weighted by Crippen LogP contribution is -2.24. The van der Waals surface area contributed by atoms with E-state index in [9.17, 15) is 5.26 Å². The summed E-state index contributed by atoms with van der Waals surface area (Å²) in [5.74, 6) is 0.817. The number of H-pyrrole nitrogens is 1. The Balaban J connectivity index is 1.75. The molecule has 3 aromatic rings. The van der Waals surface area contributed by atoms with Crippen LogP contribution in [0.1, 0.15) is 49.9 Å². The number of rotatable bonds is 6. The molecule has 2 aromatic carbocycles. The van der Waals surface area contributed by atoms with Gasteiger partial charge in [-0.2, -0.15) is 5.26 Å². The van der Waals surface area contributed by atoms with E-state index in [4.69, 9.17) is 4.74 Å². The molecule has 1 saturated heterocycles. The van der Waals surface area contributed by atoms with Gasteiger partial charge in [0.05, 0.1) is 18.7 Å². The summed E-state index contributed by atoms with van der Waals surface area (Å²) in [6.45, 7) is 4.58. The van der Waals surface area contributed by atoms with Gasteiger partial charge in [-0.15, -0.1) is 0 Å². The molecule has 28 heavy (non-hydrogen) atoms. The fourth-order valence-corrected chi connectivity index (χ4v) is 4.43. The van der Waals surface area contributed by atoms with Gasteiger partial charge < -0.3 is 9.72 Å². The van der Waals surface area contributed by atoms with Crippen LogP contribution in [0.15, 0.2) is 42.5 Å². The van der Waals surface area contributed by atoms with E-state index in [1.54, 1.807) is 7.11 Å². The standard InChI is InChI=1S/C24H27N3O/c1-3-4-13-27-14-7-10-23(27)22-12-11-21(26-22)20-15-17(16-25)18-8-5-6-9-19(18)24(20)28-2/h5-6,8-9,11-12,15,23,26H,3-4,7,10,13-14H2,1-2H3. The van der Waals surface area contributed by atoms with Crippen LogP contribution in [0.4, 0.5) is 0 Å². The molecule has 1 aromatic heterocycles. The van der Waals surface area contributed by atoms with Crippen LogP contribution in [0.3, 0.4) is 0 Å². The first kappa shape index (κ1) is 18.6. The monoisotopic (exact) mass is 373 g/mol. The van der Waals surface area contributed by atoms with Crippen LogP contribution in [-0.2, 0) is 0 Å². The first-order chi connectivity index (χ1) is 13.8. The zero-order valence-corrected chi connectivity index (χ0v) is 16.7. The van der Waals surface area contributed by atoms with E-state index in [0.29, 0.717) is 11.6 Å². The number of benzene rings is 2. The van der Waals surface area contributed by atoms with Crippen LogP contribution in [0.25, 0.3) is 22.0 Å². The summed E-state index contributed by atoms with van der Waals surface area (Å²) in [5, 5.41) is 11.6. The number of likely N-dealkylation sites (tertiary alicyclic amines) is 1. The predicted molar refractivity (Wildman–Crippen MR) is 113 cm³/mol. The van der Waals surface area contributed by atoms with Crippen molar-refractivity contribution in [2.45, 2.75) is 38.6 Å². The first-order valence-electron chi connectivity index (χ1n) is 10.2. The van der Waals surface area contributed by atoms with Gasteiger partial charge in [-0.1, -0.05) is 37.6 Å². The van der Waals surface area contributed by atoms with Gasteiger partial charge in [0.25, 0.3) is 0 Å². The molecule has 1 fully saturated rings. The third-order valence-electron chi connectivity index (χ3n) is 5.84. The van der Waals surface area contributed by atoms with Crippen molar-refractivity contribution in [1.29, 1.82) is 5.26 Å². The third-order valence-corrected chi connectivity index (χ3v) is 5.84. The van der Waals surface area contributed by atoms with E-state index in [1.807, 2.05) is 30.3 Å². The molecule has 1 aliphatic heterocycles. The Morgan fingerprint density at radius 3 is 2.79 bits per heavy atom. The highest BCUT2D eigenvalue weighted by Gasteiger charge is 2.27. The average molecular weight is 374 g/mol. The van der Waals surface area contributed by atoms with E-state index in [2.05, 4.69) is 35.0 Å². The summed E-state index contributed by atoms with van der Waals surface area (Å²) in [6, 6.07) is 17.0. The predicted octanol–water partition coefficient (Wildman–Crippen LogP) is 5.65. The van der Waals surface area contributed by atoms with Crippen molar-refractivity contribution in [3.8, 4) is 23.1 Å². The smallest absolute Gasteiger partial charge is 0.136 e. The zero-order chi connectivity index (χ0) is 19.5. The molecule has 0 saturated carbocycles. The van der Waals surface area contributed by atoms with Crippen LogP contribution in [0, 0.1) is 11.3 Å². The molecular weight excluding hydrogens is 346 g/mol. The van der Waals surface area contributed by atoms with Crippen LogP contribution >= 0.6 is 0 Å². The number of ether oxygens (including phenoxy) is 1. The van der Waals surface area contributed by atoms with Gasteiger partial charge in [0.1, 0.15) is 5.75 Å². The number of aromatic nitrogens is 1. The summed E-state index contributed by atoms with van der Waals surface area (Å²) >= 11 is 0. The molecule has 0 bridgehead atoms. The van der Waals surface area contributed by atoms with Gasteiger partial charge >= 0.3 is 0 Å². The number of nitrogens with one attached hydrogen (secondary N) is 1. The number of methoxy groups -OCH3 is 1. The maximum atomic E-state index is 9.66. The summed E-state index contributed by atoms with van der Waals surface area (Å²) in [6.07, 6.45) is 4.92. The third kappa shape index (κ3) is 3.27. The molecular formula is C24H27N3O. The Kier molecular flexibility index (Phi) is 5.36. The Morgan fingerprint density at radius 1 is 1.21 bits per heavy atom. The summed E-state index contributed by atoms with van der Waals surface area (Å²) in [5.41, 5.74) is 3.89. The Labute approximate surface area is 166 Å². The average Bonchev–Trinajstić information content (AvgIpc) is 3.40. The van der Waals surface area contributed by atoms with Gasteiger partial charge in [0, 0.05) is 33.8 Å². The number of aromatic amines is 1. The number of hydrogen-bond donors (Lipinski definition) is 1. The highest BCUT2D eigenvalue weighted by molar-refractivity contribution is 5.98. The molecule has 4 nitrogen and oxygen atoms in total.